The van der Waals surface area contributed by atoms with Crippen LogP contribution in [-0.4, -0.2) is 31.5 Å². The molecule has 2 rings (SSSR count). The maximum Gasteiger partial charge on any atom is 0.0808 e. The average molecular weight is 255 g/mol. The largest absolute Gasteiger partial charge is 0.376 e. The van der Waals surface area contributed by atoms with E-state index in [1.165, 1.54) is 25.7 Å². The van der Waals surface area contributed by atoms with E-state index in [4.69, 9.17) is 15.2 Å². The molecule has 2 aliphatic rings. The van der Waals surface area contributed by atoms with Gasteiger partial charge in [-0.15, -0.1) is 0 Å². The van der Waals surface area contributed by atoms with Crippen LogP contribution in [0.5, 0.6) is 0 Å². The van der Waals surface area contributed by atoms with Gasteiger partial charge in [-0.25, -0.2) is 0 Å². The molecule has 3 heteroatoms. The minimum Gasteiger partial charge on any atom is -0.376 e. The van der Waals surface area contributed by atoms with Crippen molar-refractivity contribution in [1.82, 2.24) is 0 Å². The smallest absolute Gasteiger partial charge is 0.0808 e. The molecule has 0 amide bonds. The van der Waals surface area contributed by atoms with Crippen molar-refractivity contribution in [2.24, 2.45) is 11.1 Å². The molecule has 106 valence electrons. The molecule has 1 atom stereocenters. The molecule has 1 aliphatic carbocycles. The lowest BCUT2D eigenvalue weighted by molar-refractivity contribution is -0.126. The molecule has 1 aliphatic heterocycles. The van der Waals surface area contributed by atoms with Crippen molar-refractivity contribution in [2.45, 2.75) is 70.5 Å². The van der Waals surface area contributed by atoms with Crippen LogP contribution in [0.25, 0.3) is 0 Å². The first-order valence-corrected chi connectivity index (χ1v) is 7.51. The third-order valence-corrected chi connectivity index (χ3v) is 4.74. The Bertz CT molecular complexity index is 249. The van der Waals surface area contributed by atoms with Crippen LogP contribution in [0.2, 0.25) is 0 Å². The van der Waals surface area contributed by atoms with Gasteiger partial charge in [0.15, 0.2) is 0 Å². The Morgan fingerprint density at radius 2 is 1.89 bits per heavy atom. The molecule has 0 spiro atoms. The number of hydrogen-bond donors (Lipinski definition) is 1. The van der Waals surface area contributed by atoms with Gasteiger partial charge in [0.1, 0.15) is 0 Å². The Morgan fingerprint density at radius 3 is 2.44 bits per heavy atom. The fourth-order valence-electron chi connectivity index (χ4n) is 3.00. The van der Waals surface area contributed by atoms with E-state index < -0.39 is 0 Å². The zero-order valence-electron chi connectivity index (χ0n) is 12.0. The fraction of sp³-hybridized carbons (Fsp3) is 1.00. The molecule has 1 saturated carbocycles. The van der Waals surface area contributed by atoms with Crippen LogP contribution in [0.1, 0.15) is 58.8 Å². The molecule has 1 heterocycles. The molecule has 1 unspecified atom stereocenters. The van der Waals surface area contributed by atoms with E-state index in [1.807, 2.05) is 0 Å². The van der Waals surface area contributed by atoms with Crippen LogP contribution in [0.15, 0.2) is 0 Å². The SMILES string of the molecule is CC1(C)CCC(CN)(OCC2CCCCO2)CC1. The Balaban J connectivity index is 1.81. The van der Waals surface area contributed by atoms with Gasteiger partial charge in [0, 0.05) is 13.2 Å². The maximum atomic E-state index is 6.20. The zero-order valence-corrected chi connectivity index (χ0v) is 12.0. The van der Waals surface area contributed by atoms with Gasteiger partial charge < -0.3 is 15.2 Å². The van der Waals surface area contributed by atoms with Crippen molar-refractivity contribution in [1.29, 1.82) is 0 Å². The van der Waals surface area contributed by atoms with Crippen molar-refractivity contribution in [3.8, 4) is 0 Å². The first-order chi connectivity index (χ1) is 8.55. The molecule has 0 aromatic rings. The summed E-state index contributed by atoms with van der Waals surface area (Å²) in [6.45, 7) is 6.97. The summed E-state index contributed by atoms with van der Waals surface area (Å²) in [4.78, 5) is 0. The van der Waals surface area contributed by atoms with Crippen molar-refractivity contribution in [2.75, 3.05) is 19.8 Å². The van der Waals surface area contributed by atoms with Crippen LogP contribution in [-0.2, 0) is 9.47 Å². The van der Waals surface area contributed by atoms with Gasteiger partial charge in [0.2, 0.25) is 0 Å². The standard InChI is InChI=1S/C15H29NO2/c1-14(2)6-8-15(12-16,9-7-14)18-11-13-5-3-4-10-17-13/h13H,3-12,16H2,1-2H3. The van der Waals surface area contributed by atoms with Crippen molar-refractivity contribution < 1.29 is 9.47 Å². The van der Waals surface area contributed by atoms with Crippen LogP contribution < -0.4 is 5.73 Å². The lowest BCUT2D eigenvalue weighted by Gasteiger charge is -2.43. The molecule has 1 saturated heterocycles. The molecule has 0 aromatic carbocycles. The highest BCUT2D eigenvalue weighted by Gasteiger charge is 2.38. The van der Waals surface area contributed by atoms with E-state index in [9.17, 15) is 0 Å². The molecule has 2 fully saturated rings. The quantitative estimate of drug-likeness (QED) is 0.840. The van der Waals surface area contributed by atoms with E-state index in [-0.39, 0.29) is 5.60 Å². The summed E-state index contributed by atoms with van der Waals surface area (Å²) >= 11 is 0. The normalized spacial score (nSPS) is 31.2. The summed E-state index contributed by atoms with van der Waals surface area (Å²) in [7, 11) is 0. The summed E-state index contributed by atoms with van der Waals surface area (Å²) in [6, 6.07) is 0. The molecule has 0 aromatic heterocycles. The van der Waals surface area contributed by atoms with Crippen molar-refractivity contribution in [3.63, 3.8) is 0 Å². The summed E-state index contributed by atoms with van der Waals surface area (Å²) in [5, 5.41) is 0. The zero-order chi connectivity index (χ0) is 13.1. The van der Waals surface area contributed by atoms with Crippen LogP contribution in [0, 0.1) is 5.41 Å². The Labute approximate surface area is 111 Å². The van der Waals surface area contributed by atoms with Gasteiger partial charge >= 0.3 is 0 Å². The fourth-order valence-corrected chi connectivity index (χ4v) is 3.00. The maximum absolute atomic E-state index is 6.20. The highest BCUT2D eigenvalue weighted by Crippen LogP contribution is 2.41. The van der Waals surface area contributed by atoms with Crippen molar-refractivity contribution in [3.05, 3.63) is 0 Å². The van der Waals surface area contributed by atoms with Gasteiger partial charge in [-0.2, -0.15) is 0 Å². The molecule has 2 N–H and O–H groups in total. The minimum atomic E-state index is -0.0731. The molecule has 18 heavy (non-hydrogen) atoms. The van der Waals surface area contributed by atoms with E-state index in [0.29, 0.717) is 18.1 Å². The van der Waals surface area contributed by atoms with E-state index in [1.54, 1.807) is 0 Å². The predicted octanol–water partition coefficient (Wildman–Crippen LogP) is 2.87. The lowest BCUT2D eigenvalue weighted by atomic mass is 9.71. The number of nitrogens with two attached hydrogens (primary N) is 1. The van der Waals surface area contributed by atoms with Gasteiger partial charge in [0.25, 0.3) is 0 Å². The first-order valence-electron chi connectivity index (χ1n) is 7.51. The molecule has 0 bridgehead atoms. The van der Waals surface area contributed by atoms with Gasteiger partial charge in [-0.3, -0.25) is 0 Å². The van der Waals surface area contributed by atoms with E-state index in [0.717, 1.165) is 32.5 Å². The third kappa shape index (κ3) is 3.69. The van der Waals surface area contributed by atoms with Crippen LogP contribution >= 0.6 is 0 Å². The molecule has 3 nitrogen and oxygen atoms in total. The van der Waals surface area contributed by atoms with Gasteiger partial charge in [-0.1, -0.05) is 13.8 Å². The minimum absolute atomic E-state index is 0.0731. The Morgan fingerprint density at radius 1 is 1.17 bits per heavy atom. The van der Waals surface area contributed by atoms with Gasteiger partial charge in [-0.05, 0) is 50.4 Å². The first kappa shape index (κ1) is 14.3. The summed E-state index contributed by atoms with van der Waals surface area (Å²) in [5.41, 5.74) is 6.37. The van der Waals surface area contributed by atoms with Crippen LogP contribution in [0.3, 0.4) is 0 Å². The number of hydrogen-bond acceptors (Lipinski definition) is 3. The second-order valence-corrected chi connectivity index (χ2v) is 6.85. The van der Waals surface area contributed by atoms with E-state index in [2.05, 4.69) is 13.8 Å². The second-order valence-electron chi connectivity index (χ2n) is 6.85. The Hall–Kier alpha value is -0.120. The topological polar surface area (TPSA) is 44.5 Å². The second kappa shape index (κ2) is 5.89. The highest BCUT2D eigenvalue weighted by atomic mass is 16.5. The summed E-state index contributed by atoms with van der Waals surface area (Å²) in [5.74, 6) is 0. The molecule has 0 radical (unpaired) electrons. The Kier molecular flexibility index (Phi) is 4.68. The third-order valence-electron chi connectivity index (χ3n) is 4.74. The number of ether oxygens (including phenoxy) is 2. The van der Waals surface area contributed by atoms with Crippen LogP contribution in [0.4, 0.5) is 0 Å². The summed E-state index contributed by atoms with van der Waals surface area (Å²) < 4.78 is 11.9. The van der Waals surface area contributed by atoms with Crippen molar-refractivity contribution >= 4 is 0 Å². The van der Waals surface area contributed by atoms with Gasteiger partial charge in [0.05, 0.1) is 18.3 Å². The summed E-state index contributed by atoms with van der Waals surface area (Å²) in [6.07, 6.45) is 8.56. The molecular formula is C15H29NO2. The predicted molar refractivity (Wildman–Crippen MR) is 73.6 cm³/mol. The lowest BCUT2D eigenvalue weighted by Crippen LogP contribution is -2.47. The number of rotatable bonds is 4. The molecular weight excluding hydrogens is 226 g/mol. The highest BCUT2D eigenvalue weighted by molar-refractivity contribution is 4.91. The monoisotopic (exact) mass is 255 g/mol. The van der Waals surface area contributed by atoms with E-state index >= 15 is 0 Å². The average Bonchev–Trinajstić information content (AvgIpc) is 2.40.